The Morgan fingerprint density at radius 3 is 2.64 bits per heavy atom. The molecule has 1 aliphatic heterocycles. The normalized spacial score (nSPS) is 17.6. The first-order chi connectivity index (χ1) is 11.7. The largest absolute Gasteiger partial charge is 0.482 e. The number of halogens is 3. The molecule has 0 aliphatic carbocycles. The second-order valence-corrected chi connectivity index (χ2v) is 5.42. The SMILES string of the molecule is CC(O)(Nc1cc2c(cc1F)OC(F)(F)C(=O)N2)Oc1ccccc1. The number of hydrogen-bond acceptors (Lipinski definition) is 5. The van der Waals surface area contributed by atoms with Crippen molar-refractivity contribution in [3.05, 3.63) is 48.3 Å². The Balaban J connectivity index is 1.84. The number of rotatable bonds is 4. The van der Waals surface area contributed by atoms with Gasteiger partial charge in [-0.15, -0.1) is 0 Å². The van der Waals surface area contributed by atoms with Gasteiger partial charge in [0, 0.05) is 13.0 Å². The summed E-state index contributed by atoms with van der Waals surface area (Å²) in [4.78, 5) is 11.2. The van der Waals surface area contributed by atoms with Crippen molar-refractivity contribution in [1.82, 2.24) is 0 Å². The van der Waals surface area contributed by atoms with Gasteiger partial charge in [-0.1, -0.05) is 18.2 Å². The van der Waals surface area contributed by atoms with Gasteiger partial charge in [-0.25, -0.2) is 4.39 Å². The molecule has 1 atom stereocenters. The maximum atomic E-state index is 14.1. The van der Waals surface area contributed by atoms with E-state index >= 15 is 0 Å². The van der Waals surface area contributed by atoms with E-state index in [0.717, 1.165) is 6.07 Å². The van der Waals surface area contributed by atoms with E-state index in [1.54, 1.807) is 30.3 Å². The molecule has 6 nitrogen and oxygen atoms in total. The van der Waals surface area contributed by atoms with Gasteiger partial charge in [0.2, 0.25) is 0 Å². The van der Waals surface area contributed by atoms with Crippen LogP contribution < -0.4 is 20.1 Å². The highest BCUT2D eigenvalue weighted by Gasteiger charge is 2.46. The summed E-state index contributed by atoms with van der Waals surface area (Å²) in [7, 11) is 0. The van der Waals surface area contributed by atoms with Crippen LogP contribution in [0.2, 0.25) is 0 Å². The molecule has 25 heavy (non-hydrogen) atoms. The third-order valence-corrected chi connectivity index (χ3v) is 3.25. The Morgan fingerprint density at radius 1 is 1.28 bits per heavy atom. The lowest BCUT2D eigenvalue weighted by atomic mass is 10.2. The van der Waals surface area contributed by atoms with Crippen molar-refractivity contribution in [1.29, 1.82) is 0 Å². The first kappa shape index (κ1) is 16.9. The summed E-state index contributed by atoms with van der Waals surface area (Å²) in [5, 5.41) is 14.5. The van der Waals surface area contributed by atoms with Crippen molar-refractivity contribution >= 4 is 17.3 Å². The van der Waals surface area contributed by atoms with Gasteiger partial charge in [0.1, 0.15) is 11.6 Å². The molecule has 0 saturated carbocycles. The van der Waals surface area contributed by atoms with E-state index in [9.17, 15) is 23.1 Å². The first-order valence-corrected chi connectivity index (χ1v) is 7.13. The highest BCUT2D eigenvalue weighted by molar-refractivity contribution is 5.99. The number of nitrogens with one attached hydrogen (secondary N) is 2. The van der Waals surface area contributed by atoms with Crippen LogP contribution in [0.15, 0.2) is 42.5 Å². The topological polar surface area (TPSA) is 79.8 Å². The summed E-state index contributed by atoms with van der Waals surface area (Å²) >= 11 is 0. The van der Waals surface area contributed by atoms with E-state index in [1.165, 1.54) is 6.92 Å². The molecular weight excluding hydrogens is 341 g/mol. The van der Waals surface area contributed by atoms with Crippen LogP contribution in [0.3, 0.4) is 0 Å². The molecule has 3 rings (SSSR count). The Morgan fingerprint density at radius 2 is 1.96 bits per heavy atom. The van der Waals surface area contributed by atoms with Gasteiger partial charge in [-0.05, 0) is 18.2 Å². The molecule has 0 fully saturated rings. The minimum atomic E-state index is -4.09. The van der Waals surface area contributed by atoms with Crippen molar-refractivity contribution in [3.8, 4) is 11.5 Å². The van der Waals surface area contributed by atoms with E-state index < -0.39 is 29.5 Å². The maximum Gasteiger partial charge on any atom is 0.482 e. The second-order valence-electron chi connectivity index (χ2n) is 5.42. The van der Waals surface area contributed by atoms with E-state index in [2.05, 4.69) is 10.1 Å². The number of carbonyl (C=O) groups is 1. The van der Waals surface area contributed by atoms with Crippen LogP contribution in [0.1, 0.15) is 6.92 Å². The van der Waals surface area contributed by atoms with Gasteiger partial charge in [0.05, 0.1) is 11.4 Å². The van der Waals surface area contributed by atoms with Gasteiger partial charge in [0.15, 0.2) is 5.75 Å². The summed E-state index contributed by atoms with van der Waals surface area (Å²) in [6, 6.07) is 9.95. The molecular formula is C16H13F3N2O4. The van der Waals surface area contributed by atoms with Gasteiger partial charge in [-0.3, -0.25) is 4.79 Å². The molecule has 3 N–H and O–H groups in total. The molecule has 2 aromatic carbocycles. The van der Waals surface area contributed by atoms with E-state index in [-0.39, 0.29) is 11.4 Å². The van der Waals surface area contributed by atoms with Crippen LogP contribution >= 0.6 is 0 Å². The predicted molar refractivity (Wildman–Crippen MR) is 81.9 cm³/mol. The number of fused-ring (bicyclic) bond motifs is 1. The number of carbonyl (C=O) groups excluding carboxylic acids is 1. The van der Waals surface area contributed by atoms with Crippen LogP contribution in [-0.2, 0) is 4.79 Å². The molecule has 0 spiro atoms. The van der Waals surface area contributed by atoms with Crippen LogP contribution in [0.4, 0.5) is 24.5 Å². The Hall–Kier alpha value is -2.94. The molecule has 9 heteroatoms. The van der Waals surface area contributed by atoms with Crippen molar-refractivity contribution in [2.24, 2.45) is 0 Å². The summed E-state index contributed by atoms with van der Waals surface area (Å²) in [5.74, 6) is -4.89. The second kappa shape index (κ2) is 5.85. The molecule has 0 radical (unpaired) electrons. The summed E-state index contributed by atoms with van der Waals surface area (Å²) < 4.78 is 50.0. The average molecular weight is 354 g/mol. The monoisotopic (exact) mass is 354 g/mol. The Bertz CT molecular complexity index is 813. The lowest BCUT2D eigenvalue weighted by molar-refractivity contribution is -0.189. The zero-order chi connectivity index (χ0) is 18.2. The van der Waals surface area contributed by atoms with Gasteiger partial charge in [-0.2, -0.15) is 8.78 Å². The van der Waals surface area contributed by atoms with Crippen molar-refractivity contribution in [2.45, 2.75) is 18.9 Å². The minimum absolute atomic E-state index is 0.171. The first-order valence-electron chi connectivity index (χ1n) is 7.13. The summed E-state index contributed by atoms with van der Waals surface area (Å²) in [6.07, 6.45) is -4.09. The quantitative estimate of drug-likeness (QED) is 0.736. The highest BCUT2D eigenvalue weighted by Crippen LogP contribution is 2.38. The number of anilines is 2. The predicted octanol–water partition coefficient (Wildman–Crippen LogP) is 2.91. The standard InChI is InChI=1S/C16H13F3N2O4/c1-15(23,24-9-5-3-2-4-6-9)21-11-8-12-13(7-10(11)17)25-16(18,19)14(22)20-12/h2-8,21,23H,1H3,(H,20,22). The number of alkyl halides is 2. The number of ether oxygens (including phenoxy) is 2. The molecule has 0 saturated heterocycles. The fourth-order valence-corrected chi connectivity index (χ4v) is 2.21. The van der Waals surface area contributed by atoms with Gasteiger partial charge >= 0.3 is 12.0 Å². The lowest BCUT2D eigenvalue weighted by Gasteiger charge is -2.29. The van der Waals surface area contributed by atoms with Crippen LogP contribution in [0.5, 0.6) is 11.5 Å². The maximum absolute atomic E-state index is 14.1. The zero-order valence-electron chi connectivity index (χ0n) is 12.8. The van der Waals surface area contributed by atoms with E-state index in [4.69, 9.17) is 4.74 Å². The fraction of sp³-hybridized carbons (Fsp3) is 0.188. The average Bonchev–Trinajstić information content (AvgIpc) is 2.50. The summed E-state index contributed by atoms with van der Waals surface area (Å²) in [5.41, 5.74) is -0.455. The van der Waals surface area contributed by atoms with Crippen molar-refractivity contribution in [2.75, 3.05) is 10.6 Å². The molecule has 0 bridgehead atoms. The van der Waals surface area contributed by atoms with Crippen molar-refractivity contribution < 1.29 is 32.5 Å². The molecule has 1 amide bonds. The zero-order valence-corrected chi connectivity index (χ0v) is 12.8. The summed E-state index contributed by atoms with van der Waals surface area (Å²) in [6.45, 7) is 1.22. The van der Waals surface area contributed by atoms with E-state index in [1.807, 2.05) is 5.32 Å². The Kier molecular flexibility index (Phi) is 3.96. The molecule has 132 valence electrons. The molecule has 1 heterocycles. The number of amides is 1. The van der Waals surface area contributed by atoms with Crippen LogP contribution in [0.25, 0.3) is 0 Å². The molecule has 1 unspecified atom stereocenters. The number of benzene rings is 2. The lowest BCUT2D eigenvalue weighted by Crippen LogP contribution is -2.44. The third kappa shape index (κ3) is 3.61. The number of para-hydroxylation sites is 1. The molecule has 1 aliphatic rings. The highest BCUT2D eigenvalue weighted by atomic mass is 19.3. The van der Waals surface area contributed by atoms with Crippen LogP contribution in [-0.4, -0.2) is 23.0 Å². The third-order valence-electron chi connectivity index (χ3n) is 3.25. The number of hydrogen-bond donors (Lipinski definition) is 3. The molecule has 0 aromatic heterocycles. The minimum Gasteiger partial charge on any atom is -0.445 e. The van der Waals surface area contributed by atoms with Gasteiger partial charge < -0.3 is 25.2 Å². The molecule has 2 aromatic rings. The van der Waals surface area contributed by atoms with Crippen molar-refractivity contribution in [3.63, 3.8) is 0 Å². The smallest absolute Gasteiger partial charge is 0.445 e. The van der Waals surface area contributed by atoms with Crippen LogP contribution in [0, 0.1) is 5.82 Å². The Labute approximate surface area is 140 Å². The fourth-order valence-electron chi connectivity index (χ4n) is 2.21. The van der Waals surface area contributed by atoms with E-state index in [0.29, 0.717) is 11.8 Å². The number of aliphatic hydroxyl groups is 1. The van der Waals surface area contributed by atoms with Gasteiger partial charge in [0.25, 0.3) is 5.91 Å².